The first-order valence-corrected chi connectivity index (χ1v) is 11.5. The number of nitrogens with zero attached hydrogens (tertiary/aromatic N) is 2. The largest absolute Gasteiger partial charge is 0.503 e. The number of methoxy groups -OCH3 is 2. The van der Waals surface area contributed by atoms with Gasteiger partial charge in [0.05, 0.1) is 37.5 Å². The summed E-state index contributed by atoms with van der Waals surface area (Å²) in [5.74, 6) is -1.59. The van der Waals surface area contributed by atoms with Crippen molar-refractivity contribution in [3.8, 4) is 17.6 Å². The van der Waals surface area contributed by atoms with E-state index in [2.05, 4.69) is 0 Å². The monoisotopic (exact) mass is 514 g/mol. The van der Waals surface area contributed by atoms with E-state index in [0.29, 0.717) is 38.6 Å². The molecule has 1 unspecified atom stereocenters. The van der Waals surface area contributed by atoms with Gasteiger partial charge in [-0.05, 0) is 54.6 Å². The van der Waals surface area contributed by atoms with Gasteiger partial charge in [-0.1, -0.05) is 23.7 Å². The van der Waals surface area contributed by atoms with E-state index in [4.69, 9.17) is 25.5 Å². The average molecular weight is 515 g/mol. The zero-order valence-electron chi connectivity index (χ0n) is 19.7. The highest BCUT2D eigenvalue weighted by Gasteiger charge is 2.46. The number of Topliss-reactive ketones (excluding diaryl/α,β-unsaturated/α-hetero) is 1. The number of para-hydroxylation sites is 1. The number of carbonyl (C=O) groups excluding carboxylic acids is 2. The molecule has 3 aromatic carbocycles. The quantitative estimate of drug-likeness (QED) is 0.325. The number of halogens is 1. The highest BCUT2D eigenvalue weighted by Crippen LogP contribution is 2.47. The Morgan fingerprint density at radius 1 is 1.08 bits per heavy atom. The van der Waals surface area contributed by atoms with Gasteiger partial charge in [0.1, 0.15) is 5.58 Å². The number of fused-ring (bicyclic) bond motifs is 1. The number of anilines is 1. The molecule has 0 spiro atoms. The van der Waals surface area contributed by atoms with E-state index in [1.54, 1.807) is 60.7 Å². The van der Waals surface area contributed by atoms with Crippen LogP contribution in [0.15, 0.2) is 82.5 Å². The summed E-state index contributed by atoms with van der Waals surface area (Å²) in [6.07, 6.45) is 0. The molecular weight excluding hydrogens is 496 g/mol. The zero-order chi connectivity index (χ0) is 26.3. The van der Waals surface area contributed by atoms with Crippen molar-refractivity contribution < 1.29 is 28.6 Å². The number of rotatable bonds is 6. The second-order valence-corrected chi connectivity index (χ2v) is 8.64. The number of amides is 1. The summed E-state index contributed by atoms with van der Waals surface area (Å²) < 4.78 is 16.8. The third kappa shape index (κ3) is 3.96. The molecule has 0 saturated carbocycles. The van der Waals surface area contributed by atoms with Crippen molar-refractivity contribution in [2.75, 3.05) is 19.1 Å². The standard InChI is InChI=1S/C28H19ClN2O6/c1-35-21-5-3-4-19(27(21)36-2)24-23(25(32)22-13-16-12-17(29)8-11-20(16)37-22)26(33)28(34)31(24)18-9-6-15(14-30)7-10-18/h3-13,24,33H,1-2H3. The van der Waals surface area contributed by atoms with Crippen LogP contribution >= 0.6 is 11.6 Å². The van der Waals surface area contributed by atoms with Crippen LogP contribution in [0, 0.1) is 11.3 Å². The van der Waals surface area contributed by atoms with Gasteiger partial charge in [-0.25, -0.2) is 0 Å². The third-order valence-corrected chi connectivity index (χ3v) is 6.39. The molecule has 0 radical (unpaired) electrons. The number of aliphatic hydroxyl groups is 1. The first kappa shape index (κ1) is 24.0. The second kappa shape index (κ2) is 9.37. The van der Waals surface area contributed by atoms with Crippen LogP contribution in [0.1, 0.15) is 27.7 Å². The molecule has 8 nitrogen and oxygen atoms in total. The van der Waals surface area contributed by atoms with E-state index >= 15 is 0 Å². The molecule has 2 heterocycles. The maximum Gasteiger partial charge on any atom is 0.294 e. The number of hydrogen-bond acceptors (Lipinski definition) is 7. The van der Waals surface area contributed by atoms with Crippen molar-refractivity contribution >= 4 is 39.9 Å². The van der Waals surface area contributed by atoms with Crippen LogP contribution in [0.3, 0.4) is 0 Å². The summed E-state index contributed by atoms with van der Waals surface area (Å²) in [5, 5.41) is 21.3. The summed E-state index contributed by atoms with van der Waals surface area (Å²) >= 11 is 6.08. The van der Waals surface area contributed by atoms with E-state index in [1.165, 1.54) is 25.2 Å². The summed E-state index contributed by atoms with van der Waals surface area (Å²) in [4.78, 5) is 28.6. The molecule has 4 aromatic rings. The molecule has 0 saturated heterocycles. The van der Waals surface area contributed by atoms with Crippen LogP contribution in [0.25, 0.3) is 11.0 Å². The number of furan rings is 1. The summed E-state index contributed by atoms with van der Waals surface area (Å²) in [6.45, 7) is 0. The maximum atomic E-state index is 13.8. The minimum atomic E-state index is -1.09. The fourth-order valence-corrected chi connectivity index (χ4v) is 4.66. The Morgan fingerprint density at radius 2 is 1.84 bits per heavy atom. The SMILES string of the molecule is COc1cccc(C2C(C(=O)c3cc4cc(Cl)ccc4o3)=C(O)C(=O)N2c2ccc(C#N)cc2)c1OC. The molecule has 1 N–H and O–H groups in total. The topological polar surface area (TPSA) is 113 Å². The number of ketones is 1. The van der Waals surface area contributed by atoms with Crippen LogP contribution in [0.5, 0.6) is 11.5 Å². The number of benzene rings is 3. The highest BCUT2D eigenvalue weighted by molar-refractivity contribution is 6.31. The van der Waals surface area contributed by atoms with E-state index in [0.717, 1.165) is 0 Å². The fraction of sp³-hybridized carbons (Fsp3) is 0.107. The first-order valence-electron chi connectivity index (χ1n) is 11.1. The fourth-order valence-electron chi connectivity index (χ4n) is 4.48. The predicted molar refractivity (Wildman–Crippen MR) is 136 cm³/mol. The molecule has 5 rings (SSSR count). The molecule has 1 aliphatic rings. The van der Waals surface area contributed by atoms with Crippen molar-refractivity contribution in [3.63, 3.8) is 0 Å². The molecule has 1 aromatic heterocycles. The zero-order valence-corrected chi connectivity index (χ0v) is 20.4. The molecular formula is C28H19ClN2O6. The van der Waals surface area contributed by atoms with Crippen molar-refractivity contribution in [2.24, 2.45) is 0 Å². The minimum absolute atomic E-state index is 0.0693. The van der Waals surface area contributed by atoms with Gasteiger partial charge in [0.25, 0.3) is 5.91 Å². The van der Waals surface area contributed by atoms with Gasteiger partial charge in [0.15, 0.2) is 23.0 Å². The lowest BCUT2D eigenvalue weighted by molar-refractivity contribution is -0.117. The first-order chi connectivity index (χ1) is 17.9. The Hall–Kier alpha value is -4.74. The lowest BCUT2D eigenvalue weighted by atomic mass is 9.93. The summed E-state index contributed by atoms with van der Waals surface area (Å²) in [7, 11) is 2.91. The Kier molecular flexibility index (Phi) is 6.07. The normalized spacial score (nSPS) is 15.2. The van der Waals surface area contributed by atoms with Crippen molar-refractivity contribution in [1.29, 1.82) is 5.26 Å². The molecule has 0 bridgehead atoms. The molecule has 1 atom stereocenters. The van der Waals surface area contributed by atoms with E-state index < -0.39 is 23.5 Å². The van der Waals surface area contributed by atoms with Crippen molar-refractivity contribution in [1.82, 2.24) is 0 Å². The second-order valence-electron chi connectivity index (χ2n) is 8.20. The maximum absolute atomic E-state index is 13.8. The van der Waals surface area contributed by atoms with Crippen molar-refractivity contribution in [3.05, 3.63) is 100.0 Å². The Morgan fingerprint density at radius 3 is 2.51 bits per heavy atom. The van der Waals surface area contributed by atoms with E-state index in [9.17, 15) is 20.0 Å². The van der Waals surface area contributed by atoms with Gasteiger partial charge >= 0.3 is 0 Å². The van der Waals surface area contributed by atoms with Gasteiger partial charge in [-0.15, -0.1) is 0 Å². The molecule has 1 aliphatic heterocycles. The third-order valence-electron chi connectivity index (χ3n) is 6.16. The van der Waals surface area contributed by atoms with Crippen LogP contribution in [0.2, 0.25) is 5.02 Å². The molecule has 9 heteroatoms. The Bertz CT molecular complexity index is 1630. The Labute approximate surface area is 216 Å². The van der Waals surface area contributed by atoms with Gasteiger partial charge in [0.2, 0.25) is 5.78 Å². The van der Waals surface area contributed by atoms with Crippen LogP contribution in [-0.2, 0) is 4.79 Å². The molecule has 37 heavy (non-hydrogen) atoms. The van der Waals surface area contributed by atoms with Gasteiger partial charge in [-0.2, -0.15) is 5.26 Å². The smallest absolute Gasteiger partial charge is 0.294 e. The molecule has 184 valence electrons. The van der Waals surface area contributed by atoms with Gasteiger partial charge in [-0.3, -0.25) is 14.5 Å². The molecule has 1 amide bonds. The summed E-state index contributed by atoms with van der Waals surface area (Å²) in [6, 6.07) is 18.7. The van der Waals surface area contributed by atoms with Gasteiger partial charge in [0, 0.05) is 21.7 Å². The highest BCUT2D eigenvalue weighted by atomic mass is 35.5. The average Bonchev–Trinajstić information content (AvgIpc) is 3.45. The lowest BCUT2D eigenvalue weighted by Crippen LogP contribution is -2.31. The van der Waals surface area contributed by atoms with Crippen molar-refractivity contribution in [2.45, 2.75) is 6.04 Å². The number of hydrogen-bond donors (Lipinski definition) is 1. The van der Waals surface area contributed by atoms with Gasteiger partial charge < -0.3 is 19.0 Å². The van der Waals surface area contributed by atoms with Crippen LogP contribution < -0.4 is 14.4 Å². The van der Waals surface area contributed by atoms with E-state index in [1.807, 2.05) is 6.07 Å². The van der Waals surface area contributed by atoms with E-state index in [-0.39, 0.29) is 17.1 Å². The predicted octanol–water partition coefficient (Wildman–Crippen LogP) is 5.76. The minimum Gasteiger partial charge on any atom is -0.503 e. The number of aliphatic hydroxyl groups excluding tert-OH is 1. The van der Waals surface area contributed by atoms with Crippen LogP contribution in [0.4, 0.5) is 5.69 Å². The molecule has 0 fully saturated rings. The summed E-state index contributed by atoms with van der Waals surface area (Å²) in [5.41, 5.74) is 1.40. The number of nitriles is 1. The lowest BCUT2D eigenvalue weighted by Gasteiger charge is -2.28. The van der Waals surface area contributed by atoms with Crippen LogP contribution in [-0.4, -0.2) is 31.0 Å². The Balaban J connectivity index is 1.71. The molecule has 0 aliphatic carbocycles. The number of ether oxygens (including phenoxy) is 2. The number of carbonyl (C=O) groups is 2.